The Labute approximate surface area is 87.5 Å². The number of rotatable bonds is 1. The summed E-state index contributed by atoms with van der Waals surface area (Å²) in [6, 6.07) is 3.53. The number of nitrogens with one attached hydrogen (secondary N) is 2. The maximum absolute atomic E-state index is 11.2. The number of amides is 1. The van der Waals surface area contributed by atoms with Crippen molar-refractivity contribution in [3.05, 3.63) is 29.6 Å². The van der Waals surface area contributed by atoms with Crippen molar-refractivity contribution in [3.8, 4) is 0 Å². The molecule has 1 aromatic heterocycles. The summed E-state index contributed by atoms with van der Waals surface area (Å²) in [6.45, 7) is 0.612. The second kappa shape index (κ2) is 4.37. The predicted octanol–water partition coefficient (Wildman–Crippen LogP) is -0.00860. The number of carbonyl (C=O) groups excluding carboxylic acids is 1. The number of hydroxylamine groups is 1. The number of hydrogen-bond acceptors (Lipinski definition) is 4. The van der Waals surface area contributed by atoms with Gasteiger partial charge in [0, 0.05) is 18.4 Å². The lowest BCUT2D eigenvalue weighted by atomic mass is 10.1. The van der Waals surface area contributed by atoms with Gasteiger partial charge < -0.3 is 5.32 Å². The first-order chi connectivity index (χ1) is 7.31. The zero-order valence-corrected chi connectivity index (χ0v) is 8.23. The molecule has 1 unspecified atom stereocenters. The van der Waals surface area contributed by atoms with Gasteiger partial charge in [-0.25, -0.2) is 5.48 Å². The summed E-state index contributed by atoms with van der Waals surface area (Å²) in [6.07, 6.45) is 3.16. The van der Waals surface area contributed by atoms with Crippen molar-refractivity contribution in [1.82, 2.24) is 15.8 Å². The number of pyridine rings is 1. The van der Waals surface area contributed by atoms with Crippen LogP contribution in [0.1, 0.15) is 17.7 Å². The molecule has 1 aliphatic rings. The van der Waals surface area contributed by atoms with E-state index in [1.807, 2.05) is 12.1 Å². The molecule has 5 heteroatoms. The fraction of sp³-hybridized carbons (Fsp3) is 0.400. The summed E-state index contributed by atoms with van der Waals surface area (Å²) in [5, 5.41) is 11.6. The molecule has 0 radical (unpaired) electrons. The molecule has 2 rings (SSSR count). The predicted molar refractivity (Wildman–Crippen MR) is 53.1 cm³/mol. The Morgan fingerprint density at radius 2 is 2.53 bits per heavy atom. The van der Waals surface area contributed by atoms with Gasteiger partial charge in [0.05, 0.1) is 6.04 Å². The Balaban J connectivity index is 2.12. The summed E-state index contributed by atoms with van der Waals surface area (Å²) in [5.41, 5.74) is 3.81. The number of aryl methyl sites for hydroxylation is 1. The monoisotopic (exact) mass is 207 g/mol. The Kier molecular flexibility index (Phi) is 2.94. The lowest BCUT2D eigenvalue weighted by Crippen LogP contribution is -2.42. The SMILES string of the molecule is O=C(NO)C1CCc2ncccc2CN1. The van der Waals surface area contributed by atoms with Crippen molar-refractivity contribution in [2.75, 3.05) is 0 Å². The van der Waals surface area contributed by atoms with E-state index >= 15 is 0 Å². The molecule has 0 spiro atoms. The van der Waals surface area contributed by atoms with Gasteiger partial charge in [0.15, 0.2) is 0 Å². The molecule has 0 bridgehead atoms. The van der Waals surface area contributed by atoms with Gasteiger partial charge in [-0.2, -0.15) is 0 Å². The van der Waals surface area contributed by atoms with E-state index < -0.39 is 0 Å². The van der Waals surface area contributed by atoms with Crippen LogP contribution in [0.15, 0.2) is 18.3 Å². The van der Waals surface area contributed by atoms with Crippen LogP contribution in [0.4, 0.5) is 0 Å². The molecule has 0 saturated heterocycles. The lowest BCUT2D eigenvalue weighted by Gasteiger charge is -2.12. The van der Waals surface area contributed by atoms with Gasteiger partial charge in [-0.3, -0.25) is 15.0 Å². The third-order valence-electron chi connectivity index (χ3n) is 2.62. The first kappa shape index (κ1) is 10.1. The molecule has 3 N–H and O–H groups in total. The van der Waals surface area contributed by atoms with Crippen molar-refractivity contribution in [1.29, 1.82) is 0 Å². The second-order valence-corrected chi connectivity index (χ2v) is 3.56. The van der Waals surface area contributed by atoms with Crippen molar-refractivity contribution >= 4 is 5.91 Å². The minimum absolute atomic E-state index is 0.343. The highest BCUT2D eigenvalue weighted by molar-refractivity contribution is 5.80. The van der Waals surface area contributed by atoms with Gasteiger partial charge in [0.1, 0.15) is 0 Å². The van der Waals surface area contributed by atoms with Crippen molar-refractivity contribution in [2.45, 2.75) is 25.4 Å². The van der Waals surface area contributed by atoms with Crippen molar-refractivity contribution in [3.63, 3.8) is 0 Å². The van der Waals surface area contributed by atoms with E-state index in [-0.39, 0.29) is 11.9 Å². The minimum atomic E-state index is -0.386. The fourth-order valence-corrected chi connectivity index (χ4v) is 1.78. The normalized spacial score (nSPS) is 20.2. The van der Waals surface area contributed by atoms with Crippen LogP contribution in [-0.4, -0.2) is 22.1 Å². The summed E-state index contributed by atoms with van der Waals surface area (Å²) in [7, 11) is 0. The average Bonchev–Trinajstić information content (AvgIpc) is 2.50. The molecule has 15 heavy (non-hydrogen) atoms. The Morgan fingerprint density at radius 1 is 1.67 bits per heavy atom. The van der Waals surface area contributed by atoms with E-state index in [4.69, 9.17) is 5.21 Å². The van der Waals surface area contributed by atoms with E-state index in [9.17, 15) is 4.79 Å². The topological polar surface area (TPSA) is 74.2 Å². The quantitative estimate of drug-likeness (QED) is 0.447. The molecule has 1 aromatic rings. The highest BCUT2D eigenvalue weighted by Gasteiger charge is 2.21. The number of fused-ring (bicyclic) bond motifs is 1. The van der Waals surface area contributed by atoms with Crippen LogP contribution >= 0.6 is 0 Å². The fourth-order valence-electron chi connectivity index (χ4n) is 1.78. The van der Waals surface area contributed by atoms with E-state index in [2.05, 4.69) is 10.3 Å². The van der Waals surface area contributed by atoms with Crippen LogP contribution in [0.5, 0.6) is 0 Å². The molecule has 80 valence electrons. The van der Waals surface area contributed by atoms with E-state index in [0.29, 0.717) is 13.0 Å². The van der Waals surface area contributed by atoms with Crippen molar-refractivity contribution < 1.29 is 10.0 Å². The highest BCUT2D eigenvalue weighted by atomic mass is 16.5. The van der Waals surface area contributed by atoms with Gasteiger partial charge >= 0.3 is 0 Å². The third kappa shape index (κ3) is 2.14. The molecule has 0 aliphatic carbocycles. The number of hydrogen-bond donors (Lipinski definition) is 3. The van der Waals surface area contributed by atoms with E-state index in [1.165, 1.54) is 0 Å². The van der Waals surface area contributed by atoms with Gasteiger partial charge in [-0.15, -0.1) is 0 Å². The summed E-state index contributed by atoms with van der Waals surface area (Å²) >= 11 is 0. The van der Waals surface area contributed by atoms with Crippen LogP contribution in [0.3, 0.4) is 0 Å². The first-order valence-corrected chi connectivity index (χ1v) is 4.91. The van der Waals surface area contributed by atoms with Crippen LogP contribution in [0.2, 0.25) is 0 Å². The Hall–Kier alpha value is -1.46. The summed E-state index contributed by atoms with van der Waals surface area (Å²) in [5.74, 6) is -0.386. The molecule has 1 aliphatic heterocycles. The standard InChI is InChI=1S/C10H13N3O2/c14-10(13-15)9-4-3-8-7(6-12-9)2-1-5-11-8/h1-2,5,9,12,15H,3-4,6H2,(H,13,14). The Bertz CT molecular complexity index is 340. The number of aromatic nitrogens is 1. The van der Waals surface area contributed by atoms with Gasteiger partial charge in [0.2, 0.25) is 0 Å². The zero-order valence-electron chi connectivity index (χ0n) is 8.23. The second-order valence-electron chi connectivity index (χ2n) is 3.56. The third-order valence-corrected chi connectivity index (χ3v) is 2.62. The maximum atomic E-state index is 11.2. The Morgan fingerprint density at radius 3 is 3.33 bits per heavy atom. The molecule has 1 amide bonds. The van der Waals surface area contributed by atoms with Crippen LogP contribution in [0.25, 0.3) is 0 Å². The molecular formula is C10H13N3O2. The molecule has 2 heterocycles. The molecule has 5 nitrogen and oxygen atoms in total. The van der Waals surface area contributed by atoms with Crippen LogP contribution < -0.4 is 10.8 Å². The zero-order chi connectivity index (χ0) is 10.7. The molecule has 0 saturated carbocycles. The average molecular weight is 207 g/mol. The van der Waals surface area contributed by atoms with Crippen LogP contribution in [0, 0.1) is 0 Å². The lowest BCUT2D eigenvalue weighted by molar-refractivity contribution is -0.131. The van der Waals surface area contributed by atoms with E-state index in [1.54, 1.807) is 11.7 Å². The molecule has 0 fully saturated rings. The van der Waals surface area contributed by atoms with Gasteiger partial charge in [-0.1, -0.05) is 6.07 Å². The van der Waals surface area contributed by atoms with Gasteiger partial charge in [0.25, 0.3) is 5.91 Å². The van der Waals surface area contributed by atoms with Crippen LogP contribution in [-0.2, 0) is 17.8 Å². The maximum Gasteiger partial charge on any atom is 0.260 e. The van der Waals surface area contributed by atoms with Gasteiger partial charge in [-0.05, 0) is 24.5 Å². The summed E-state index contributed by atoms with van der Waals surface area (Å²) in [4.78, 5) is 15.5. The minimum Gasteiger partial charge on any atom is -0.302 e. The van der Waals surface area contributed by atoms with E-state index in [0.717, 1.165) is 17.7 Å². The number of carbonyl (C=O) groups is 1. The largest absolute Gasteiger partial charge is 0.302 e. The smallest absolute Gasteiger partial charge is 0.260 e. The summed E-state index contributed by atoms with van der Waals surface area (Å²) < 4.78 is 0. The number of nitrogens with zero attached hydrogens (tertiary/aromatic N) is 1. The highest BCUT2D eigenvalue weighted by Crippen LogP contribution is 2.13. The van der Waals surface area contributed by atoms with Crippen molar-refractivity contribution in [2.24, 2.45) is 0 Å². The molecule has 0 aromatic carbocycles. The first-order valence-electron chi connectivity index (χ1n) is 4.91. The molecule has 1 atom stereocenters. The molecular weight excluding hydrogens is 194 g/mol.